The third-order valence-electron chi connectivity index (χ3n) is 5.92. The zero-order valence-electron chi connectivity index (χ0n) is 16.5. The first kappa shape index (κ1) is 20.5. The second-order valence-electron chi connectivity index (χ2n) is 7.95. The molecule has 156 valence electrons. The van der Waals surface area contributed by atoms with Gasteiger partial charge in [0.1, 0.15) is 6.26 Å². The van der Waals surface area contributed by atoms with Crippen molar-refractivity contribution in [2.75, 3.05) is 37.6 Å². The van der Waals surface area contributed by atoms with Gasteiger partial charge in [-0.3, -0.25) is 9.69 Å². The molecule has 1 amide bonds. The second-order valence-corrected chi connectivity index (χ2v) is 8.74. The van der Waals surface area contributed by atoms with Crippen LogP contribution in [-0.2, 0) is 0 Å². The SMILES string of the molecule is Cc1nc(C(=O)N[C@H]2C[C@H](CCN3CCN(c4cccc(Cl)c4Cl)CC3)C2)co1. The van der Waals surface area contributed by atoms with Gasteiger partial charge in [0, 0.05) is 39.1 Å². The van der Waals surface area contributed by atoms with Gasteiger partial charge in [0.05, 0.1) is 15.7 Å². The molecule has 6 nitrogen and oxygen atoms in total. The summed E-state index contributed by atoms with van der Waals surface area (Å²) >= 11 is 12.5. The Hall–Kier alpha value is -1.76. The standard InChI is InChI=1S/C21H26Cl2N4O2/c1-14-24-18(13-29-14)21(28)25-16-11-15(12-16)5-6-26-7-9-27(10-8-26)19-4-2-3-17(22)20(19)23/h2-4,13,15-16H,5-12H2,1H3,(H,25,28)/t15-,16-. The highest BCUT2D eigenvalue weighted by atomic mass is 35.5. The Bertz CT molecular complexity index is 858. The first-order valence-corrected chi connectivity index (χ1v) is 10.9. The van der Waals surface area contributed by atoms with Crippen molar-refractivity contribution >= 4 is 34.8 Å². The molecule has 1 aromatic heterocycles. The monoisotopic (exact) mass is 436 g/mol. The lowest BCUT2D eigenvalue weighted by Crippen LogP contribution is -2.48. The number of amides is 1. The number of rotatable bonds is 6. The number of aryl methyl sites for hydroxylation is 1. The summed E-state index contributed by atoms with van der Waals surface area (Å²) in [6.07, 6.45) is 4.67. The lowest BCUT2D eigenvalue weighted by atomic mass is 9.78. The molecule has 0 bridgehead atoms. The third kappa shape index (κ3) is 4.87. The zero-order valence-corrected chi connectivity index (χ0v) is 18.0. The Labute approximate surface area is 181 Å². The number of nitrogens with one attached hydrogen (secondary N) is 1. The van der Waals surface area contributed by atoms with Crippen LogP contribution in [0.4, 0.5) is 5.69 Å². The summed E-state index contributed by atoms with van der Waals surface area (Å²) in [5.41, 5.74) is 1.39. The predicted octanol–water partition coefficient (Wildman–Crippen LogP) is 4.01. The fraction of sp³-hybridized carbons (Fsp3) is 0.524. The number of carbonyl (C=O) groups is 1. The highest BCUT2D eigenvalue weighted by Crippen LogP contribution is 2.33. The molecule has 2 heterocycles. The summed E-state index contributed by atoms with van der Waals surface area (Å²) in [6.45, 7) is 6.81. The van der Waals surface area contributed by atoms with Gasteiger partial charge in [-0.15, -0.1) is 0 Å². The molecule has 1 aliphatic heterocycles. The number of halogens is 2. The number of carbonyl (C=O) groups excluding carboxylic acids is 1. The molecule has 1 aromatic carbocycles. The fourth-order valence-corrected chi connectivity index (χ4v) is 4.55. The quantitative estimate of drug-likeness (QED) is 0.740. The maximum absolute atomic E-state index is 12.1. The second kappa shape index (κ2) is 8.94. The van der Waals surface area contributed by atoms with Crippen molar-refractivity contribution in [2.45, 2.75) is 32.2 Å². The topological polar surface area (TPSA) is 61.6 Å². The van der Waals surface area contributed by atoms with Gasteiger partial charge in [-0.05, 0) is 43.9 Å². The van der Waals surface area contributed by atoms with E-state index in [-0.39, 0.29) is 11.9 Å². The number of hydrogen-bond acceptors (Lipinski definition) is 5. The average Bonchev–Trinajstić information content (AvgIpc) is 3.12. The molecule has 2 fully saturated rings. The van der Waals surface area contributed by atoms with Gasteiger partial charge in [-0.2, -0.15) is 0 Å². The Morgan fingerprint density at radius 2 is 2.00 bits per heavy atom. The largest absolute Gasteiger partial charge is 0.448 e. The number of nitrogens with zero attached hydrogens (tertiary/aromatic N) is 3. The first-order valence-electron chi connectivity index (χ1n) is 10.1. The molecule has 0 radical (unpaired) electrons. The molecule has 0 atom stereocenters. The molecule has 2 aliphatic rings. The van der Waals surface area contributed by atoms with E-state index in [0.29, 0.717) is 27.5 Å². The van der Waals surface area contributed by atoms with Crippen molar-refractivity contribution in [1.29, 1.82) is 0 Å². The van der Waals surface area contributed by atoms with Crippen molar-refractivity contribution in [1.82, 2.24) is 15.2 Å². The van der Waals surface area contributed by atoms with Crippen LogP contribution in [0.5, 0.6) is 0 Å². The van der Waals surface area contributed by atoms with Crippen LogP contribution in [0.3, 0.4) is 0 Å². The van der Waals surface area contributed by atoms with Gasteiger partial charge in [0.15, 0.2) is 11.6 Å². The van der Waals surface area contributed by atoms with E-state index in [9.17, 15) is 4.79 Å². The van der Waals surface area contributed by atoms with Gasteiger partial charge in [0.2, 0.25) is 0 Å². The summed E-state index contributed by atoms with van der Waals surface area (Å²) < 4.78 is 5.10. The lowest BCUT2D eigenvalue weighted by molar-refractivity contribution is 0.0872. The Balaban J connectivity index is 1.15. The smallest absolute Gasteiger partial charge is 0.273 e. The number of benzene rings is 1. The van der Waals surface area contributed by atoms with Crippen molar-refractivity contribution in [3.8, 4) is 0 Å². The molecule has 0 unspecified atom stereocenters. The molecule has 2 aromatic rings. The molecule has 8 heteroatoms. The van der Waals surface area contributed by atoms with Gasteiger partial charge in [0.25, 0.3) is 5.91 Å². The first-order chi connectivity index (χ1) is 14.0. The molecular formula is C21H26Cl2N4O2. The van der Waals surface area contributed by atoms with E-state index in [4.69, 9.17) is 27.6 Å². The van der Waals surface area contributed by atoms with Gasteiger partial charge >= 0.3 is 0 Å². The Morgan fingerprint density at radius 3 is 2.69 bits per heavy atom. The van der Waals surface area contributed by atoms with Crippen LogP contribution in [0.15, 0.2) is 28.9 Å². The summed E-state index contributed by atoms with van der Waals surface area (Å²) in [5.74, 6) is 1.06. The van der Waals surface area contributed by atoms with E-state index >= 15 is 0 Å². The summed E-state index contributed by atoms with van der Waals surface area (Å²) in [7, 11) is 0. The van der Waals surface area contributed by atoms with Crippen molar-refractivity contribution < 1.29 is 9.21 Å². The van der Waals surface area contributed by atoms with Crippen LogP contribution in [-0.4, -0.2) is 54.6 Å². The van der Waals surface area contributed by atoms with E-state index < -0.39 is 0 Å². The van der Waals surface area contributed by atoms with Gasteiger partial charge < -0.3 is 14.6 Å². The maximum atomic E-state index is 12.1. The minimum absolute atomic E-state index is 0.138. The van der Waals surface area contributed by atoms with Crippen molar-refractivity contribution in [3.05, 3.63) is 46.1 Å². The highest BCUT2D eigenvalue weighted by Gasteiger charge is 2.31. The Kier molecular flexibility index (Phi) is 6.32. The predicted molar refractivity (Wildman–Crippen MR) is 115 cm³/mol. The van der Waals surface area contributed by atoms with Crippen molar-refractivity contribution in [3.63, 3.8) is 0 Å². The summed E-state index contributed by atoms with van der Waals surface area (Å²) in [4.78, 5) is 21.0. The summed E-state index contributed by atoms with van der Waals surface area (Å²) in [6, 6.07) is 6.06. The van der Waals surface area contributed by atoms with E-state index in [0.717, 1.165) is 51.3 Å². The molecule has 29 heavy (non-hydrogen) atoms. The number of hydrogen-bond donors (Lipinski definition) is 1. The number of aromatic nitrogens is 1. The van der Waals surface area contributed by atoms with Crippen LogP contribution in [0.2, 0.25) is 10.0 Å². The molecule has 1 aliphatic carbocycles. The molecular weight excluding hydrogens is 411 g/mol. The van der Waals surface area contributed by atoms with Crippen LogP contribution >= 0.6 is 23.2 Å². The minimum atomic E-state index is -0.138. The molecule has 4 rings (SSSR count). The zero-order chi connectivity index (χ0) is 20.4. The van der Waals surface area contributed by atoms with E-state index in [2.05, 4.69) is 20.1 Å². The number of anilines is 1. The highest BCUT2D eigenvalue weighted by molar-refractivity contribution is 6.43. The average molecular weight is 437 g/mol. The minimum Gasteiger partial charge on any atom is -0.448 e. The van der Waals surface area contributed by atoms with Crippen LogP contribution in [0, 0.1) is 12.8 Å². The van der Waals surface area contributed by atoms with Crippen molar-refractivity contribution in [2.24, 2.45) is 5.92 Å². The summed E-state index contributed by atoms with van der Waals surface area (Å²) in [5, 5.41) is 4.30. The van der Waals surface area contributed by atoms with Crippen LogP contribution in [0.1, 0.15) is 35.6 Å². The molecule has 0 spiro atoms. The van der Waals surface area contributed by atoms with E-state index in [1.165, 1.54) is 12.7 Å². The van der Waals surface area contributed by atoms with E-state index in [1.54, 1.807) is 6.92 Å². The molecule has 1 saturated carbocycles. The van der Waals surface area contributed by atoms with Gasteiger partial charge in [-0.25, -0.2) is 4.98 Å². The van der Waals surface area contributed by atoms with Gasteiger partial charge in [-0.1, -0.05) is 29.3 Å². The third-order valence-corrected chi connectivity index (χ3v) is 6.73. The van der Waals surface area contributed by atoms with E-state index in [1.807, 2.05) is 18.2 Å². The lowest BCUT2D eigenvalue weighted by Gasteiger charge is -2.39. The normalized spacial score (nSPS) is 22.4. The Morgan fingerprint density at radius 1 is 1.24 bits per heavy atom. The van der Waals surface area contributed by atoms with Crippen LogP contribution < -0.4 is 10.2 Å². The number of piperazine rings is 1. The maximum Gasteiger partial charge on any atom is 0.273 e. The number of oxazole rings is 1. The van der Waals surface area contributed by atoms with Crippen LogP contribution in [0.25, 0.3) is 0 Å². The molecule has 1 saturated heterocycles. The fourth-order valence-electron chi connectivity index (χ4n) is 4.13. The molecule has 1 N–H and O–H groups in total.